The van der Waals surface area contributed by atoms with E-state index < -0.39 is 41.1 Å². The van der Waals surface area contributed by atoms with E-state index in [-0.39, 0.29) is 67.3 Å². The minimum absolute atomic E-state index is 0.0848. The molecule has 10 nitrogen and oxygen atoms in total. The van der Waals surface area contributed by atoms with Crippen LogP contribution in [0, 0.1) is 17.6 Å². The number of halogens is 4. The van der Waals surface area contributed by atoms with E-state index in [1.54, 1.807) is 28.8 Å². The van der Waals surface area contributed by atoms with E-state index in [1.165, 1.54) is 19.0 Å². The number of amides is 3. The monoisotopic (exact) mass is 630 g/mol. The molecule has 2 atom stereocenters. The van der Waals surface area contributed by atoms with Crippen LogP contribution >= 0.6 is 11.6 Å². The van der Waals surface area contributed by atoms with Gasteiger partial charge < -0.3 is 24.8 Å². The molecule has 3 aromatic rings. The summed E-state index contributed by atoms with van der Waals surface area (Å²) in [6, 6.07) is 8.90. The average Bonchev–Trinajstić information content (AvgIpc) is 3.62. The summed E-state index contributed by atoms with van der Waals surface area (Å²) in [6.45, 7) is 1.07. The molecule has 3 aliphatic rings. The zero-order valence-corrected chi connectivity index (χ0v) is 24.8. The molecule has 3 heterocycles. The second-order valence-corrected chi connectivity index (χ2v) is 11.9. The van der Waals surface area contributed by atoms with Gasteiger partial charge in [0.25, 0.3) is 11.8 Å². The van der Waals surface area contributed by atoms with Gasteiger partial charge in [0, 0.05) is 57.1 Å². The Kier molecular flexibility index (Phi) is 7.89. The maximum Gasteiger partial charge on any atom is 0.287 e. The molecule has 2 N–H and O–H groups in total. The molecule has 1 saturated carbocycles. The number of imidazole rings is 1. The van der Waals surface area contributed by atoms with Crippen LogP contribution in [-0.2, 0) is 34.7 Å². The van der Waals surface area contributed by atoms with Gasteiger partial charge in [0.05, 0.1) is 24.8 Å². The Hall–Kier alpha value is -3.94. The summed E-state index contributed by atoms with van der Waals surface area (Å²) in [7, 11) is 3.00. The number of aromatic nitrogens is 2. The Morgan fingerprint density at radius 3 is 2.34 bits per heavy atom. The van der Waals surface area contributed by atoms with Crippen LogP contribution in [-0.4, -0.2) is 77.1 Å². The van der Waals surface area contributed by atoms with Gasteiger partial charge in [-0.05, 0) is 36.2 Å². The third kappa shape index (κ3) is 5.44. The summed E-state index contributed by atoms with van der Waals surface area (Å²) >= 11 is 6.59. The van der Waals surface area contributed by atoms with Crippen LogP contribution in [0.1, 0.15) is 44.2 Å². The summed E-state index contributed by atoms with van der Waals surface area (Å²) in [5, 5.41) is 5.61. The summed E-state index contributed by atoms with van der Waals surface area (Å²) in [5.41, 5.74) is 0.722. The molecule has 1 spiro atoms. The number of benzene rings is 2. The second kappa shape index (κ2) is 11.5. The van der Waals surface area contributed by atoms with Crippen molar-refractivity contribution in [2.45, 2.75) is 37.8 Å². The Balaban J connectivity index is 1.16. The number of carbonyl (C=O) groups is 3. The molecule has 44 heavy (non-hydrogen) atoms. The fourth-order valence-electron chi connectivity index (χ4n) is 5.65. The summed E-state index contributed by atoms with van der Waals surface area (Å²) in [4.78, 5) is 44.9. The van der Waals surface area contributed by atoms with E-state index >= 15 is 8.78 Å². The van der Waals surface area contributed by atoms with Gasteiger partial charge in [-0.15, -0.1) is 0 Å². The maximum absolute atomic E-state index is 15.1. The van der Waals surface area contributed by atoms with E-state index in [9.17, 15) is 18.8 Å². The number of anilines is 1. The molecule has 3 amide bonds. The molecular weight excluding hydrogens is 601 g/mol. The second-order valence-electron chi connectivity index (χ2n) is 11.5. The highest BCUT2D eigenvalue weighted by molar-refractivity contribution is 6.30. The predicted octanol–water partition coefficient (Wildman–Crippen LogP) is 3.48. The number of hydrogen-bond donors (Lipinski definition) is 2. The molecule has 0 bridgehead atoms. The van der Waals surface area contributed by atoms with Gasteiger partial charge in [-0.2, -0.15) is 0 Å². The van der Waals surface area contributed by atoms with Crippen LogP contribution in [0.2, 0.25) is 5.15 Å². The van der Waals surface area contributed by atoms with Crippen LogP contribution in [0.15, 0.2) is 36.4 Å². The SMILES string of the molecule is CN(C)C(=O)c1cc(F)c(CN2CCn3c(C(=O)NCc4ccc(NC(=O)[C@@H]5C[C@@H]5F)cc4)nc(Cl)c3C23COC3)c(F)c1. The normalized spacial score (nSPS) is 20.0. The molecule has 1 saturated heterocycles. The Morgan fingerprint density at radius 1 is 1.11 bits per heavy atom. The summed E-state index contributed by atoms with van der Waals surface area (Å²) in [5.74, 6) is -3.46. The fourth-order valence-corrected chi connectivity index (χ4v) is 6.01. The third-order valence-corrected chi connectivity index (χ3v) is 8.58. The third-order valence-electron chi connectivity index (χ3n) is 8.32. The number of nitrogens with zero attached hydrogens (tertiary/aromatic N) is 4. The smallest absolute Gasteiger partial charge is 0.287 e. The lowest BCUT2D eigenvalue weighted by molar-refractivity contribution is -0.163. The lowest BCUT2D eigenvalue weighted by atomic mass is 9.88. The Morgan fingerprint density at radius 2 is 1.77 bits per heavy atom. The van der Waals surface area contributed by atoms with Gasteiger partial charge in [0.2, 0.25) is 11.7 Å². The molecule has 0 unspecified atom stereocenters. The van der Waals surface area contributed by atoms with E-state index in [2.05, 4.69) is 15.6 Å². The van der Waals surface area contributed by atoms with Gasteiger partial charge in [-0.3, -0.25) is 19.3 Å². The van der Waals surface area contributed by atoms with Crippen LogP contribution in [0.25, 0.3) is 0 Å². The van der Waals surface area contributed by atoms with Crippen LogP contribution in [0.5, 0.6) is 0 Å². The van der Waals surface area contributed by atoms with Crippen LogP contribution in [0.4, 0.5) is 18.9 Å². The highest BCUT2D eigenvalue weighted by Gasteiger charge is 2.52. The topological polar surface area (TPSA) is 109 Å². The van der Waals surface area contributed by atoms with Gasteiger partial charge >= 0.3 is 0 Å². The first kappa shape index (κ1) is 30.1. The van der Waals surface area contributed by atoms with Crippen LogP contribution in [0.3, 0.4) is 0 Å². The van der Waals surface area contributed by atoms with Crippen molar-refractivity contribution in [2.24, 2.45) is 5.92 Å². The maximum atomic E-state index is 15.1. The highest BCUT2D eigenvalue weighted by Crippen LogP contribution is 2.44. The summed E-state index contributed by atoms with van der Waals surface area (Å²) < 4.78 is 50.6. The number of rotatable bonds is 8. The quantitative estimate of drug-likeness (QED) is 0.395. The van der Waals surface area contributed by atoms with Crippen molar-refractivity contribution in [2.75, 3.05) is 39.2 Å². The van der Waals surface area contributed by atoms with Crippen LogP contribution < -0.4 is 10.6 Å². The largest absolute Gasteiger partial charge is 0.377 e. The molecule has 2 aliphatic heterocycles. The molecule has 1 aromatic heterocycles. The van der Waals surface area contributed by atoms with E-state index in [0.29, 0.717) is 17.9 Å². The lowest BCUT2D eigenvalue weighted by Crippen LogP contribution is -2.63. The number of nitrogens with one attached hydrogen (secondary N) is 2. The standard InChI is InChI=1S/C30H30ClF3N6O4/c1-38(2)29(43)17-9-21(32)20(22(33)10-17)13-39-7-8-40-24(30(39)14-44-15-30)25(31)37-26(40)28(42)35-12-16-3-5-18(6-4-16)36-27(41)19-11-23(19)34/h3-6,9-10,19,23H,7-8,11-15H2,1-2H3,(H,35,42)(H,36,41)/t19-,23+/m1/s1. The molecule has 2 fully saturated rings. The number of hydrogen-bond acceptors (Lipinski definition) is 6. The van der Waals surface area contributed by atoms with Crippen molar-refractivity contribution in [3.05, 3.63) is 81.4 Å². The molecular formula is C30H30ClF3N6O4. The zero-order valence-electron chi connectivity index (χ0n) is 24.0. The van der Waals surface area contributed by atoms with Gasteiger partial charge in [0.1, 0.15) is 23.3 Å². The van der Waals surface area contributed by atoms with Crippen molar-refractivity contribution < 1.29 is 32.3 Å². The number of fused-ring (bicyclic) bond motifs is 2. The fraction of sp³-hybridized carbons (Fsp3) is 0.400. The number of ether oxygens (including phenoxy) is 1. The lowest BCUT2D eigenvalue weighted by Gasteiger charge is -2.52. The molecule has 232 valence electrons. The molecule has 14 heteroatoms. The van der Waals surface area contributed by atoms with E-state index in [0.717, 1.165) is 17.7 Å². The summed E-state index contributed by atoms with van der Waals surface area (Å²) in [6.07, 6.45) is -0.833. The molecule has 1 aliphatic carbocycles. The zero-order chi connectivity index (χ0) is 31.3. The molecule has 6 rings (SSSR count). The minimum atomic E-state index is -1.08. The first-order chi connectivity index (χ1) is 21.0. The minimum Gasteiger partial charge on any atom is -0.377 e. The van der Waals surface area contributed by atoms with Crippen molar-refractivity contribution in [1.82, 2.24) is 24.7 Å². The predicted molar refractivity (Wildman–Crippen MR) is 154 cm³/mol. The van der Waals surface area contributed by atoms with Gasteiger partial charge in [0.15, 0.2) is 5.15 Å². The van der Waals surface area contributed by atoms with Crippen molar-refractivity contribution in [1.29, 1.82) is 0 Å². The Labute approximate surface area is 256 Å². The van der Waals surface area contributed by atoms with Crippen molar-refractivity contribution >= 4 is 35.0 Å². The number of carbonyl (C=O) groups excluding carboxylic acids is 3. The van der Waals surface area contributed by atoms with E-state index in [1.807, 2.05) is 4.90 Å². The highest BCUT2D eigenvalue weighted by atomic mass is 35.5. The molecule has 2 aromatic carbocycles. The van der Waals surface area contributed by atoms with Crippen molar-refractivity contribution in [3.63, 3.8) is 0 Å². The number of alkyl halides is 1. The van der Waals surface area contributed by atoms with E-state index in [4.69, 9.17) is 16.3 Å². The first-order valence-corrected chi connectivity index (χ1v) is 14.5. The first-order valence-electron chi connectivity index (χ1n) is 14.1. The molecule has 0 radical (unpaired) electrons. The average molecular weight is 631 g/mol. The van der Waals surface area contributed by atoms with Gasteiger partial charge in [-0.25, -0.2) is 18.2 Å². The van der Waals surface area contributed by atoms with Gasteiger partial charge in [-0.1, -0.05) is 23.7 Å². The Bertz CT molecular complexity index is 1620. The van der Waals surface area contributed by atoms with Crippen molar-refractivity contribution in [3.8, 4) is 0 Å².